The molecule has 0 aromatic heterocycles. The maximum atomic E-state index is 5.98. The van der Waals surface area contributed by atoms with Crippen molar-refractivity contribution in [1.82, 2.24) is 0 Å². The second-order valence-corrected chi connectivity index (χ2v) is 5.07. The summed E-state index contributed by atoms with van der Waals surface area (Å²) in [5.41, 5.74) is 0. The van der Waals surface area contributed by atoms with Crippen molar-refractivity contribution in [3.8, 4) is 0 Å². The van der Waals surface area contributed by atoms with Gasteiger partial charge in [0.15, 0.2) is 0 Å². The van der Waals surface area contributed by atoms with E-state index in [4.69, 9.17) is 23.7 Å². The maximum Gasteiger partial charge on any atom is 0.146 e. The van der Waals surface area contributed by atoms with Crippen LogP contribution in [-0.2, 0) is 23.7 Å². The largest absolute Gasteiger partial charge is 0.382 e. The lowest BCUT2D eigenvalue weighted by atomic mass is 9.91. The third kappa shape index (κ3) is 3.77. The lowest BCUT2D eigenvalue weighted by Crippen LogP contribution is -2.38. The predicted molar refractivity (Wildman–Crippen MR) is 69.9 cm³/mol. The molecular weight excluding hydrogens is 248 g/mol. The molecule has 2 heterocycles. The molecule has 0 spiro atoms. The van der Waals surface area contributed by atoms with Crippen LogP contribution in [-0.4, -0.2) is 58.1 Å². The molecule has 0 aromatic rings. The Balaban J connectivity index is 1.67. The molecule has 2 saturated heterocycles. The molecule has 2 aliphatic heterocycles. The summed E-state index contributed by atoms with van der Waals surface area (Å²) in [5.74, 6) is 0.358. The monoisotopic (exact) mass is 272 g/mol. The summed E-state index contributed by atoms with van der Waals surface area (Å²) in [6.45, 7) is 7.85. The van der Waals surface area contributed by atoms with E-state index < -0.39 is 0 Å². The second-order valence-electron chi connectivity index (χ2n) is 5.07. The summed E-state index contributed by atoms with van der Waals surface area (Å²) < 4.78 is 27.5. The zero-order valence-corrected chi connectivity index (χ0v) is 11.7. The number of hydrogen-bond acceptors (Lipinski definition) is 5. The Hall–Kier alpha value is -0.460. The van der Waals surface area contributed by atoms with Gasteiger partial charge in [0.2, 0.25) is 0 Å². The Morgan fingerprint density at radius 1 is 1.21 bits per heavy atom. The summed E-state index contributed by atoms with van der Waals surface area (Å²) in [6, 6.07) is 0. The molecule has 2 aliphatic rings. The standard InChI is InChI=1S/C14H24O5/c1-4-11-10(2)12-7-13(18-11)14(19-12)8-17-9-16-6-5-15-3/h4,10-14H,1,5-9H2,2-3H3/t10-,11-,12?,13?,14-/m0/s1. The van der Waals surface area contributed by atoms with Crippen LogP contribution in [0.3, 0.4) is 0 Å². The van der Waals surface area contributed by atoms with Crippen molar-refractivity contribution in [1.29, 1.82) is 0 Å². The van der Waals surface area contributed by atoms with Gasteiger partial charge in [0, 0.05) is 19.4 Å². The van der Waals surface area contributed by atoms with E-state index in [0.717, 1.165) is 6.42 Å². The van der Waals surface area contributed by atoms with Crippen molar-refractivity contribution in [2.24, 2.45) is 5.92 Å². The summed E-state index contributed by atoms with van der Waals surface area (Å²) in [5, 5.41) is 0. The Labute approximate surface area is 114 Å². The predicted octanol–water partition coefficient (Wildman–Crippen LogP) is 1.37. The molecule has 5 nitrogen and oxygen atoms in total. The molecule has 110 valence electrons. The Morgan fingerprint density at radius 3 is 2.79 bits per heavy atom. The van der Waals surface area contributed by atoms with Crippen LogP contribution in [0, 0.1) is 5.92 Å². The van der Waals surface area contributed by atoms with Crippen molar-refractivity contribution in [2.75, 3.05) is 33.7 Å². The summed E-state index contributed by atoms with van der Waals surface area (Å²) >= 11 is 0. The van der Waals surface area contributed by atoms with Gasteiger partial charge in [-0.1, -0.05) is 13.0 Å². The quantitative estimate of drug-likeness (QED) is 0.379. The number of methoxy groups -OCH3 is 1. The molecule has 0 radical (unpaired) electrons. The first-order valence-corrected chi connectivity index (χ1v) is 6.84. The lowest BCUT2D eigenvalue weighted by molar-refractivity contribution is -0.107. The first kappa shape index (κ1) is 14.9. The van der Waals surface area contributed by atoms with Crippen LogP contribution in [0.2, 0.25) is 0 Å². The highest BCUT2D eigenvalue weighted by molar-refractivity contribution is 4.99. The van der Waals surface area contributed by atoms with Crippen LogP contribution in [0.5, 0.6) is 0 Å². The van der Waals surface area contributed by atoms with Crippen molar-refractivity contribution in [3.63, 3.8) is 0 Å². The van der Waals surface area contributed by atoms with Gasteiger partial charge < -0.3 is 23.7 Å². The van der Waals surface area contributed by atoms with Crippen molar-refractivity contribution in [3.05, 3.63) is 12.7 Å². The van der Waals surface area contributed by atoms with E-state index in [2.05, 4.69) is 13.5 Å². The van der Waals surface area contributed by atoms with Gasteiger partial charge >= 0.3 is 0 Å². The van der Waals surface area contributed by atoms with Gasteiger partial charge in [-0.2, -0.15) is 0 Å². The molecular formula is C14H24O5. The van der Waals surface area contributed by atoms with Gasteiger partial charge in [-0.05, 0) is 0 Å². The molecule has 0 aromatic carbocycles. The van der Waals surface area contributed by atoms with E-state index in [1.165, 1.54) is 0 Å². The number of fused-ring (bicyclic) bond motifs is 2. The smallest absolute Gasteiger partial charge is 0.146 e. The zero-order chi connectivity index (χ0) is 13.7. The van der Waals surface area contributed by atoms with Gasteiger partial charge in [-0.3, -0.25) is 0 Å². The minimum absolute atomic E-state index is 0.00317. The SMILES string of the molecule is C=C[C@@H]1OC2CC(O[C@H]2COCOCCOC)[C@H]1C. The molecule has 2 rings (SSSR count). The second kappa shape index (κ2) is 7.36. The van der Waals surface area contributed by atoms with E-state index >= 15 is 0 Å². The van der Waals surface area contributed by atoms with Crippen LogP contribution in [0.25, 0.3) is 0 Å². The third-order valence-electron chi connectivity index (χ3n) is 3.78. The lowest BCUT2D eigenvalue weighted by Gasteiger charge is -2.31. The van der Waals surface area contributed by atoms with Crippen molar-refractivity contribution in [2.45, 2.75) is 37.8 Å². The first-order chi connectivity index (χ1) is 9.26. The number of ether oxygens (including phenoxy) is 5. The molecule has 2 bridgehead atoms. The molecule has 19 heavy (non-hydrogen) atoms. The molecule has 5 atom stereocenters. The van der Waals surface area contributed by atoms with Crippen LogP contribution in [0.15, 0.2) is 12.7 Å². The highest BCUT2D eigenvalue weighted by atomic mass is 16.7. The van der Waals surface area contributed by atoms with E-state index in [1.54, 1.807) is 7.11 Å². The average molecular weight is 272 g/mol. The third-order valence-corrected chi connectivity index (χ3v) is 3.78. The van der Waals surface area contributed by atoms with Gasteiger partial charge in [-0.25, -0.2) is 0 Å². The normalized spacial score (nSPS) is 37.5. The van der Waals surface area contributed by atoms with Crippen LogP contribution in [0.4, 0.5) is 0 Å². The maximum absolute atomic E-state index is 5.98. The van der Waals surface area contributed by atoms with E-state index in [9.17, 15) is 0 Å². The topological polar surface area (TPSA) is 46.2 Å². The molecule has 0 saturated carbocycles. The Morgan fingerprint density at radius 2 is 2.05 bits per heavy atom. The van der Waals surface area contributed by atoms with Crippen LogP contribution < -0.4 is 0 Å². The van der Waals surface area contributed by atoms with Crippen molar-refractivity contribution >= 4 is 0 Å². The van der Waals surface area contributed by atoms with Gasteiger partial charge in [0.25, 0.3) is 0 Å². The van der Waals surface area contributed by atoms with E-state index in [-0.39, 0.29) is 31.2 Å². The number of rotatable bonds is 8. The summed E-state index contributed by atoms with van der Waals surface area (Å²) in [4.78, 5) is 0. The molecule has 5 heteroatoms. The highest BCUT2D eigenvalue weighted by Crippen LogP contribution is 2.37. The fourth-order valence-corrected chi connectivity index (χ4v) is 2.61. The minimum Gasteiger partial charge on any atom is -0.382 e. The molecule has 0 amide bonds. The highest BCUT2D eigenvalue weighted by Gasteiger charge is 2.46. The van der Waals surface area contributed by atoms with Crippen LogP contribution >= 0.6 is 0 Å². The molecule has 2 fully saturated rings. The van der Waals surface area contributed by atoms with E-state index in [0.29, 0.717) is 25.7 Å². The molecule has 0 aliphatic carbocycles. The van der Waals surface area contributed by atoms with Gasteiger partial charge in [0.05, 0.1) is 38.1 Å². The average Bonchev–Trinajstić information content (AvgIpc) is 2.77. The molecule has 2 unspecified atom stereocenters. The fourth-order valence-electron chi connectivity index (χ4n) is 2.61. The Kier molecular flexibility index (Phi) is 5.78. The van der Waals surface area contributed by atoms with Gasteiger partial charge in [-0.15, -0.1) is 6.58 Å². The number of hydrogen-bond donors (Lipinski definition) is 0. The summed E-state index contributed by atoms with van der Waals surface area (Å²) in [6.07, 6.45) is 3.28. The Bertz CT molecular complexity index is 283. The fraction of sp³-hybridized carbons (Fsp3) is 0.857. The first-order valence-electron chi connectivity index (χ1n) is 6.84. The van der Waals surface area contributed by atoms with Crippen LogP contribution in [0.1, 0.15) is 13.3 Å². The molecule has 0 N–H and O–H groups in total. The summed E-state index contributed by atoms with van der Waals surface area (Å²) in [7, 11) is 1.64. The van der Waals surface area contributed by atoms with E-state index in [1.807, 2.05) is 6.08 Å². The zero-order valence-electron chi connectivity index (χ0n) is 11.7. The van der Waals surface area contributed by atoms with Gasteiger partial charge in [0.1, 0.15) is 12.9 Å². The van der Waals surface area contributed by atoms with Crippen molar-refractivity contribution < 1.29 is 23.7 Å². The minimum atomic E-state index is 0.00317.